The average molecular weight is 433 g/mol. The molecule has 1 amide bonds. The van der Waals surface area contributed by atoms with Crippen molar-refractivity contribution in [1.29, 1.82) is 0 Å². The minimum atomic E-state index is -0.537. The Balaban J connectivity index is 1.36. The Morgan fingerprint density at radius 3 is 2.10 bits per heavy atom. The van der Waals surface area contributed by atoms with Gasteiger partial charge in [-0.1, -0.05) is 11.6 Å². The van der Waals surface area contributed by atoms with Gasteiger partial charge in [0.05, 0.1) is 28.7 Å². The van der Waals surface area contributed by atoms with Crippen LogP contribution in [0.15, 0.2) is 30.3 Å². The first-order valence-electron chi connectivity index (χ1n) is 9.67. The fraction of sp³-hybridized carbons (Fsp3) is 0.421. The van der Waals surface area contributed by atoms with Crippen molar-refractivity contribution in [1.82, 2.24) is 15.1 Å². The topological polar surface area (TPSA) is 105 Å². The number of piperazine rings is 1. The van der Waals surface area contributed by atoms with E-state index in [1.54, 1.807) is 4.90 Å². The molecule has 2 aliphatic rings. The molecule has 0 radical (unpaired) electrons. The van der Waals surface area contributed by atoms with Crippen LogP contribution in [-0.4, -0.2) is 78.4 Å². The van der Waals surface area contributed by atoms with Gasteiger partial charge in [0.1, 0.15) is 0 Å². The summed E-state index contributed by atoms with van der Waals surface area (Å²) in [6.07, 6.45) is 0. The van der Waals surface area contributed by atoms with Crippen molar-refractivity contribution in [3.8, 4) is 0 Å². The maximum atomic E-state index is 12.8. The second-order valence-electron chi connectivity index (χ2n) is 7.05. The van der Waals surface area contributed by atoms with Gasteiger partial charge in [-0.3, -0.25) is 14.9 Å². The van der Waals surface area contributed by atoms with Gasteiger partial charge in [0.2, 0.25) is 0 Å². The molecule has 0 saturated carbocycles. The number of aromatic nitrogens is 2. The molecule has 30 heavy (non-hydrogen) atoms. The number of benzene rings is 1. The highest BCUT2D eigenvalue weighted by atomic mass is 35.5. The fourth-order valence-electron chi connectivity index (χ4n) is 3.55. The van der Waals surface area contributed by atoms with Crippen LogP contribution in [-0.2, 0) is 4.74 Å². The molecule has 158 valence electrons. The first-order valence-corrected chi connectivity index (χ1v) is 10.1. The van der Waals surface area contributed by atoms with Crippen LogP contribution in [0.5, 0.6) is 0 Å². The number of carbonyl (C=O) groups is 1. The van der Waals surface area contributed by atoms with E-state index in [9.17, 15) is 14.9 Å². The number of carbonyl (C=O) groups excluding carboxylic acids is 1. The van der Waals surface area contributed by atoms with E-state index in [1.165, 1.54) is 18.2 Å². The lowest BCUT2D eigenvalue weighted by Crippen LogP contribution is -2.49. The van der Waals surface area contributed by atoms with E-state index in [-0.39, 0.29) is 22.2 Å². The van der Waals surface area contributed by atoms with E-state index < -0.39 is 4.92 Å². The predicted molar refractivity (Wildman–Crippen MR) is 111 cm³/mol. The Hall–Kier alpha value is -2.98. The van der Waals surface area contributed by atoms with Crippen LogP contribution in [0, 0.1) is 10.1 Å². The average Bonchev–Trinajstić information content (AvgIpc) is 2.79. The zero-order valence-electron chi connectivity index (χ0n) is 16.2. The Morgan fingerprint density at radius 2 is 1.57 bits per heavy atom. The summed E-state index contributed by atoms with van der Waals surface area (Å²) in [5, 5.41) is 19.6. The molecule has 3 heterocycles. The van der Waals surface area contributed by atoms with Crippen molar-refractivity contribution in [2.45, 2.75) is 0 Å². The van der Waals surface area contributed by atoms with E-state index in [4.69, 9.17) is 16.3 Å². The van der Waals surface area contributed by atoms with E-state index in [0.717, 1.165) is 24.7 Å². The molecule has 11 heteroatoms. The number of halogens is 1. The first-order chi connectivity index (χ1) is 14.5. The fourth-order valence-corrected chi connectivity index (χ4v) is 3.80. The first kappa shape index (κ1) is 20.3. The SMILES string of the molecule is O=C(c1ccc([N+](=O)[O-])cc1Cl)N1CCN(c2ccc(N3CCOCC3)nn2)CC1. The number of hydrogen-bond acceptors (Lipinski definition) is 8. The number of anilines is 2. The van der Waals surface area contributed by atoms with E-state index in [2.05, 4.69) is 20.0 Å². The number of nitrogens with zero attached hydrogens (tertiary/aromatic N) is 6. The second kappa shape index (κ2) is 8.80. The van der Waals surface area contributed by atoms with Gasteiger partial charge >= 0.3 is 0 Å². The number of nitro benzene ring substituents is 1. The van der Waals surface area contributed by atoms with Crippen LogP contribution in [0.25, 0.3) is 0 Å². The van der Waals surface area contributed by atoms with Crippen LogP contribution >= 0.6 is 11.6 Å². The Bertz CT molecular complexity index is 927. The lowest BCUT2D eigenvalue weighted by molar-refractivity contribution is -0.384. The summed E-state index contributed by atoms with van der Waals surface area (Å²) >= 11 is 6.10. The molecule has 4 rings (SSSR count). The third kappa shape index (κ3) is 4.29. The molecule has 0 spiro atoms. The van der Waals surface area contributed by atoms with Crippen LogP contribution in [0.3, 0.4) is 0 Å². The molecule has 0 unspecified atom stereocenters. The molecule has 1 aromatic carbocycles. The number of non-ortho nitro benzene ring substituents is 1. The minimum absolute atomic E-state index is 0.0844. The van der Waals surface area contributed by atoms with E-state index in [0.29, 0.717) is 39.4 Å². The summed E-state index contributed by atoms with van der Waals surface area (Å²) in [6.45, 7) is 5.22. The third-order valence-corrected chi connectivity index (χ3v) is 5.57. The molecule has 2 aliphatic heterocycles. The maximum Gasteiger partial charge on any atom is 0.270 e. The van der Waals surface area contributed by atoms with Gasteiger partial charge in [-0.25, -0.2) is 0 Å². The smallest absolute Gasteiger partial charge is 0.270 e. The van der Waals surface area contributed by atoms with Gasteiger partial charge in [0.15, 0.2) is 11.6 Å². The number of nitro groups is 1. The summed E-state index contributed by atoms with van der Waals surface area (Å²) in [5.74, 6) is 1.37. The summed E-state index contributed by atoms with van der Waals surface area (Å²) in [6, 6.07) is 7.81. The van der Waals surface area contributed by atoms with E-state index in [1.807, 2.05) is 12.1 Å². The lowest BCUT2D eigenvalue weighted by atomic mass is 10.1. The van der Waals surface area contributed by atoms with Crippen LogP contribution < -0.4 is 9.80 Å². The van der Waals surface area contributed by atoms with Gasteiger partial charge in [-0.2, -0.15) is 0 Å². The molecule has 2 fully saturated rings. The molecular formula is C19H21ClN6O4. The molecular weight excluding hydrogens is 412 g/mol. The quantitative estimate of drug-likeness (QED) is 0.532. The van der Waals surface area contributed by atoms with Gasteiger partial charge in [-0.15, -0.1) is 10.2 Å². The predicted octanol–water partition coefficient (Wildman–Crippen LogP) is 1.84. The van der Waals surface area contributed by atoms with Crippen molar-refractivity contribution < 1.29 is 14.5 Å². The zero-order valence-corrected chi connectivity index (χ0v) is 17.0. The largest absolute Gasteiger partial charge is 0.378 e. The highest BCUT2D eigenvalue weighted by Crippen LogP contribution is 2.25. The zero-order chi connectivity index (χ0) is 21.1. The van der Waals surface area contributed by atoms with Crippen molar-refractivity contribution in [2.24, 2.45) is 0 Å². The van der Waals surface area contributed by atoms with Crippen LogP contribution in [0.1, 0.15) is 10.4 Å². The van der Waals surface area contributed by atoms with E-state index >= 15 is 0 Å². The molecule has 0 aliphatic carbocycles. The van der Waals surface area contributed by atoms with Crippen molar-refractivity contribution in [3.05, 3.63) is 51.0 Å². The summed E-state index contributed by atoms with van der Waals surface area (Å²) in [7, 11) is 0. The standard InChI is InChI=1S/C19H21ClN6O4/c20-16-13-14(26(28)29)1-2-15(16)19(27)25-7-5-23(6-8-25)17-3-4-18(22-21-17)24-9-11-30-12-10-24/h1-4,13H,5-12H2. The molecule has 10 nitrogen and oxygen atoms in total. The Morgan fingerprint density at radius 1 is 0.967 bits per heavy atom. The van der Waals surface area contributed by atoms with Crippen molar-refractivity contribution >= 4 is 34.8 Å². The van der Waals surface area contributed by atoms with Crippen molar-refractivity contribution in [2.75, 3.05) is 62.3 Å². The van der Waals surface area contributed by atoms with Crippen LogP contribution in [0.4, 0.5) is 17.3 Å². The normalized spacial score (nSPS) is 17.2. The summed E-state index contributed by atoms with van der Waals surface area (Å²) in [5.41, 5.74) is 0.130. The molecule has 0 atom stereocenters. The van der Waals surface area contributed by atoms with Crippen LogP contribution in [0.2, 0.25) is 5.02 Å². The number of ether oxygens (including phenoxy) is 1. The number of morpholine rings is 1. The Kier molecular flexibility index (Phi) is 5.96. The van der Waals surface area contributed by atoms with Gasteiger partial charge in [0, 0.05) is 51.4 Å². The summed E-state index contributed by atoms with van der Waals surface area (Å²) < 4.78 is 5.36. The number of rotatable bonds is 4. The van der Waals surface area contributed by atoms with Gasteiger partial charge in [-0.05, 0) is 18.2 Å². The maximum absolute atomic E-state index is 12.8. The number of hydrogen-bond donors (Lipinski definition) is 0. The lowest BCUT2D eigenvalue weighted by Gasteiger charge is -2.35. The highest BCUT2D eigenvalue weighted by Gasteiger charge is 2.25. The molecule has 0 bridgehead atoms. The third-order valence-electron chi connectivity index (χ3n) is 5.26. The van der Waals surface area contributed by atoms with Gasteiger partial charge < -0.3 is 19.4 Å². The second-order valence-corrected chi connectivity index (χ2v) is 7.46. The van der Waals surface area contributed by atoms with Crippen molar-refractivity contribution in [3.63, 3.8) is 0 Å². The monoisotopic (exact) mass is 432 g/mol. The minimum Gasteiger partial charge on any atom is -0.378 e. The molecule has 1 aromatic heterocycles. The summed E-state index contributed by atoms with van der Waals surface area (Å²) in [4.78, 5) is 29.0. The highest BCUT2D eigenvalue weighted by molar-refractivity contribution is 6.34. The molecule has 2 aromatic rings. The number of amides is 1. The molecule has 0 N–H and O–H groups in total. The molecule has 2 saturated heterocycles. The van der Waals surface area contributed by atoms with Gasteiger partial charge in [0.25, 0.3) is 11.6 Å². The Labute approximate surface area is 178 Å².